The lowest BCUT2D eigenvalue weighted by Crippen LogP contribution is -2.00. The van der Waals surface area contributed by atoms with Gasteiger partial charge in [-0.25, -0.2) is 15.0 Å². The molecule has 7 nitrogen and oxygen atoms in total. The van der Waals surface area contributed by atoms with Gasteiger partial charge in [0.1, 0.15) is 22.2 Å². The van der Waals surface area contributed by atoms with Gasteiger partial charge in [-0.2, -0.15) is 4.80 Å². The molecule has 0 aliphatic heterocycles. The van der Waals surface area contributed by atoms with Crippen LogP contribution < -0.4 is 0 Å². The van der Waals surface area contributed by atoms with Crippen molar-refractivity contribution in [3.05, 3.63) is 170 Å². The van der Waals surface area contributed by atoms with E-state index in [0.717, 1.165) is 88.0 Å². The maximum atomic E-state index is 6.27. The number of fused-ring (bicyclic) bond motifs is 8. The number of rotatable bonds is 5. The summed E-state index contributed by atoms with van der Waals surface area (Å²) in [5.74, 6) is 1.75. The van der Waals surface area contributed by atoms with Gasteiger partial charge in [-0.3, -0.25) is 0 Å². The van der Waals surface area contributed by atoms with Crippen LogP contribution in [0.15, 0.2) is 174 Å². The van der Waals surface area contributed by atoms with Crippen molar-refractivity contribution >= 4 is 54.5 Å². The highest BCUT2D eigenvalue weighted by Gasteiger charge is 2.17. The zero-order chi connectivity index (χ0) is 35.6. The van der Waals surface area contributed by atoms with E-state index in [0.29, 0.717) is 17.5 Å². The third kappa shape index (κ3) is 5.02. The Morgan fingerprint density at radius 1 is 0.389 bits per heavy atom. The van der Waals surface area contributed by atoms with Crippen LogP contribution in [0.4, 0.5) is 0 Å². The zero-order valence-electron chi connectivity index (χ0n) is 28.8. The van der Waals surface area contributed by atoms with Crippen LogP contribution in [0.3, 0.4) is 0 Å². The quantitative estimate of drug-likeness (QED) is 0.167. The number of furan rings is 1. The van der Waals surface area contributed by atoms with E-state index < -0.39 is 0 Å². The Morgan fingerprint density at radius 3 is 1.81 bits per heavy atom. The monoisotopic (exact) mass is 692 g/mol. The van der Waals surface area contributed by atoms with E-state index in [1.807, 2.05) is 66.7 Å². The van der Waals surface area contributed by atoms with Gasteiger partial charge < -0.3 is 4.42 Å². The zero-order valence-corrected chi connectivity index (χ0v) is 28.8. The molecule has 7 heteroatoms. The van der Waals surface area contributed by atoms with Crippen LogP contribution in [0.2, 0.25) is 0 Å². The Morgan fingerprint density at radius 2 is 1.00 bits per heavy atom. The smallest absolute Gasteiger partial charge is 0.164 e. The van der Waals surface area contributed by atoms with Crippen molar-refractivity contribution in [3.63, 3.8) is 0 Å². The molecule has 11 rings (SSSR count). The molecule has 8 aromatic carbocycles. The minimum Gasteiger partial charge on any atom is -0.456 e. The fourth-order valence-corrected chi connectivity index (χ4v) is 7.44. The summed E-state index contributed by atoms with van der Waals surface area (Å²) in [5, 5.41) is 16.2. The molecule has 0 aliphatic rings. The molecule has 0 unspecified atom stereocenters. The van der Waals surface area contributed by atoms with Gasteiger partial charge in [-0.1, -0.05) is 121 Å². The van der Waals surface area contributed by atoms with Gasteiger partial charge in [-0.05, 0) is 75.8 Å². The molecule has 11 aromatic rings. The fraction of sp³-hybridized carbons (Fsp3) is 0. The lowest BCUT2D eigenvalue weighted by molar-refractivity contribution is 0.669. The Balaban J connectivity index is 1.08. The van der Waals surface area contributed by atoms with E-state index in [9.17, 15) is 0 Å². The van der Waals surface area contributed by atoms with Crippen LogP contribution in [0.5, 0.6) is 0 Å². The fourth-order valence-electron chi connectivity index (χ4n) is 7.44. The molecular weight excluding hydrogens is 665 g/mol. The number of benzene rings is 8. The van der Waals surface area contributed by atoms with Crippen LogP contribution in [0.25, 0.3) is 105 Å². The average Bonchev–Trinajstić information content (AvgIpc) is 3.86. The van der Waals surface area contributed by atoms with Gasteiger partial charge >= 0.3 is 0 Å². The summed E-state index contributed by atoms with van der Waals surface area (Å²) < 4.78 is 6.27. The molecule has 0 bridgehead atoms. The minimum atomic E-state index is 0.570. The van der Waals surface area contributed by atoms with E-state index in [1.54, 1.807) is 4.80 Å². The standard InChI is InChI=1S/C47H28N6O/c1-3-10-29(11-4-1)31-12-9-13-33(26-31)45-48-46(50-47(49-45)35-21-24-39-38-16-7-8-17-41(38)54-42(39)28-35)34-20-23-37-32(27-34)19-18-30-22-25-40-44(43(30)37)52-53(51-40)36-14-5-2-6-15-36/h1-28H. The first-order valence-corrected chi connectivity index (χ1v) is 17.8. The Kier molecular flexibility index (Phi) is 6.72. The maximum Gasteiger partial charge on any atom is 0.164 e. The van der Waals surface area contributed by atoms with Crippen molar-refractivity contribution in [1.82, 2.24) is 29.9 Å². The molecule has 0 fully saturated rings. The number of para-hydroxylation sites is 2. The van der Waals surface area contributed by atoms with E-state index >= 15 is 0 Å². The van der Waals surface area contributed by atoms with Crippen molar-refractivity contribution in [1.29, 1.82) is 0 Å². The van der Waals surface area contributed by atoms with Crippen molar-refractivity contribution in [2.75, 3.05) is 0 Å². The third-order valence-corrected chi connectivity index (χ3v) is 10.1. The molecule has 0 saturated carbocycles. The lowest BCUT2D eigenvalue weighted by atomic mass is 9.99. The largest absolute Gasteiger partial charge is 0.456 e. The molecule has 3 heterocycles. The molecule has 0 spiro atoms. The number of hydrogen-bond acceptors (Lipinski definition) is 6. The summed E-state index contributed by atoms with van der Waals surface area (Å²) >= 11 is 0. The van der Waals surface area contributed by atoms with Crippen LogP contribution in [-0.4, -0.2) is 29.9 Å². The van der Waals surface area contributed by atoms with Crippen molar-refractivity contribution in [2.45, 2.75) is 0 Å². The summed E-state index contributed by atoms with van der Waals surface area (Å²) in [7, 11) is 0. The molecule has 3 aromatic heterocycles. The predicted octanol–water partition coefficient (Wildman–Crippen LogP) is 11.5. The number of hydrogen-bond donors (Lipinski definition) is 0. The van der Waals surface area contributed by atoms with Crippen LogP contribution in [0.1, 0.15) is 0 Å². The SMILES string of the molecule is c1ccc(-c2cccc(-c3nc(-c4ccc5c(ccc6ccc7nn(-c8ccccc8)nc7c65)c4)nc(-c4ccc5c(c4)oc4ccccc45)n3)c2)cc1. The predicted molar refractivity (Wildman–Crippen MR) is 216 cm³/mol. The molecule has 54 heavy (non-hydrogen) atoms. The van der Waals surface area contributed by atoms with Gasteiger partial charge in [0.05, 0.1) is 5.69 Å². The van der Waals surface area contributed by atoms with Crippen molar-refractivity contribution < 1.29 is 4.42 Å². The molecular formula is C47H28N6O. The maximum absolute atomic E-state index is 6.27. The minimum absolute atomic E-state index is 0.570. The van der Waals surface area contributed by atoms with E-state index in [1.165, 1.54) is 0 Å². The van der Waals surface area contributed by atoms with Crippen LogP contribution in [0, 0.1) is 0 Å². The van der Waals surface area contributed by atoms with E-state index in [-0.39, 0.29) is 0 Å². The van der Waals surface area contributed by atoms with Gasteiger partial charge in [0.25, 0.3) is 0 Å². The van der Waals surface area contributed by atoms with Gasteiger partial charge in [0.15, 0.2) is 17.5 Å². The summed E-state index contributed by atoms with van der Waals surface area (Å²) in [6.07, 6.45) is 0. The van der Waals surface area contributed by atoms with Crippen molar-refractivity contribution in [3.8, 4) is 51.0 Å². The third-order valence-electron chi connectivity index (χ3n) is 10.1. The van der Waals surface area contributed by atoms with Crippen LogP contribution in [-0.2, 0) is 0 Å². The molecule has 0 radical (unpaired) electrons. The summed E-state index contributed by atoms with van der Waals surface area (Å²) in [6.45, 7) is 0. The summed E-state index contributed by atoms with van der Waals surface area (Å²) in [5.41, 5.74) is 9.11. The Labute approximate surface area is 308 Å². The van der Waals surface area contributed by atoms with E-state index in [2.05, 4.69) is 103 Å². The number of aromatic nitrogens is 6. The normalized spacial score (nSPS) is 11.7. The molecule has 0 saturated heterocycles. The molecule has 252 valence electrons. The molecule has 0 atom stereocenters. The first kappa shape index (κ1) is 30.1. The highest BCUT2D eigenvalue weighted by Crippen LogP contribution is 2.36. The number of nitrogens with zero attached hydrogens (tertiary/aromatic N) is 6. The van der Waals surface area contributed by atoms with Gasteiger partial charge in [0, 0.05) is 32.8 Å². The second kappa shape index (κ2) is 12.0. The molecule has 0 amide bonds. The molecule has 0 N–H and O–H groups in total. The highest BCUT2D eigenvalue weighted by molar-refractivity contribution is 6.18. The lowest BCUT2D eigenvalue weighted by Gasteiger charge is -2.11. The Bertz CT molecular complexity index is 3220. The summed E-state index contributed by atoms with van der Waals surface area (Å²) in [6, 6.07) is 57.8. The van der Waals surface area contributed by atoms with Gasteiger partial charge in [-0.15, -0.1) is 10.2 Å². The van der Waals surface area contributed by atoms with Crippen LogP contribution >= 0.6 is 0 Å². The van der Waals surface area contributed by atoms with Gasteiger partial charge in [0.2, 0.25) is 0 Å². The second-order valence-corrected chi connectivity index (χ2v) is 13.4. The average molecular weight is 693 g/mol. The Hall–Kier alpha value is -7.51. The first-order chi connectivity index (χ1) is 26.7. The second-order valence-electron chi connectivity index (χ2n) is 13.4. The first-order valence-electron chi connectivity index (χ1n) is 17.8. The van der Waals surface area contributed by atoms with E-state index in [4.69, 9.17) is 29.6 Å². The molecule has 0 aliphatic carbocycles. The topological polar surface area (TPSA) is 82.5 Å². The highest BCUT2D eigenvalue weighted by atomic mass is 16.3. The van der Waals surface area contributed by atoms with Crippen molar-refractivity contribution in [2.24, 2.45) is 0 Å². The summed E-state index contributed by atoms with van der Waals surface area (Å²) in [4.78, 5) is 17.0.